The molecule has 0 radical (unpaired) electrons. The van der Waals surface area contributed by atoms with Crippen molar-refractivity contribution in [1.82, 2.24) is 4.90 Å². The van der Waals surface area contributed by atoms with Gasteiger partial charge in [0.2, 0.25) is 0 Å². The van der Waals surface area contributed by atoms with E-state index < -0.39 is 5.97 Å². The molecule has 4 nitrogen and oxygen atoms in total. The third kappa shape index (κ3) is 2.20. The molecule has 2 fully saturated rings. The fraction of sp³-hybridized carbons (Fsp3) is 0.818. The van der Waals surface area contributed by atoms with Crippen LogP contribution in [0.15, 0.2) is 0 Å². The van der Waals surface area contributed by atoms with Crippen LogP contribution in [0.2, 0.25) is 0 Å². The fourth-order valence-electron chi connectivity index (χ4n) is 2.38. The van der Waals surface area contributed by atoms with Gasteiger partial charge in [-0.3, -0.25) is 9.59 Å². The van der Waals surface area contributed by atoms with E-state index in [1.807, 2.05) is 0 Å². The Labute approximate surface area is 89.3 Å². The number of aliphatic carboxylic acids is 1. The molecule has 0 aromatic carbocycles. The zero-order valence-corrected chi connectivity index (χ0v) is 8.98. The summed E-state index contributed by atoms with van der Waals surface area (Å²) < 4.78 is 0. The van der Waals surface area contributed by atoms with E-state index in [0.717, 1.165) is 25.9 Å². The molecule has 1 N–H and O–H groups in total. The molecular weight excluding hydrogens is 194 g/mol. The largest absolute Gasteiger partial charge is 0.481 e. The van der Waals surface area contributed by atoms with Crippen molar-refractivity contribution in [3.05, 3.63) is 0 Å². The summed E-state index contributed by atoms with van der Waals surface area (Å²) >= 11 is 0. The molecule has 0 aromatic rings. The number of carboxylic acid groups (broad SMARTS) is 1. The predicted octanol–water partition coefficient (Wildman–Crippen LogP) is 0.618. The quantitative estimate of drug-likeness (QED) is 0.743. The lowest BCUT2D eigenvalue weighted by Crippen LogP contribution is -2.34. The minimum absolute atomic E-state index is 0.121. The van der Waals surface area contributed by atoms with Gasteiger partial charge in [-0.15, -0.1) is 0 Å². The number of rotatable bonds is 3. The Morgan fingerprint density at radius 1 is 1.20 bits per heavy atom. The van der Waals surface area contributed by atoms with Gasteiger partial charge >= 0.3 is 5.97 Å². The number of carboxylic acids is 1. The molecule has 0 aromatic heterocycles. The first-order chi connectivity index (χ1) is 7.09. The van der Waals surface area contributed by atoms with E-state index in [9.17, 15) is 9.59 Å². The number of Topliss-reactive ketones (excluding diaryl/α,β-unsaturated/α-hetero) is 1. The summed E-state index contributed by atoms with van der Waals surface area (Å²) in [6.07, 6.45) is 2.37. The molecular formula is C11H17NO3. The van der Waals surface area contributed by atoms with E-state index in [1.54, 1.807) is 0 Å². The van der Waals surface area contributed by atoms with Gasteiger partial charge in [-0.25, -0.2) is 0 Å². The standard InChI is InChI=1S/C11H17NO3/c1-12-4-2-7(3-5-12)10(13)8-6-9(8)11(14)15/h7-9H,2-6H2,1H3,(H,14,15). The molecule has 1 heterocycles. The Hall–Kier alpha value is -0.900. The van der Waals surface area contributed by atoms with Gasteiger partial charge < -0.3 is 10.0 Å². The molecule has 0 amide bonds. The van der Waals surface area contributed by atoms with Crippen LogP contribution >= 0.6 is 0 Å². The lowest BCUT2D eigenvalue weighted by molar-refractivity contribution is -0.140. The van der Waals surface area contributed by atoms with Crippen LogP contribution in [0.4, 0.5) is 0 Å². The highest BCUT2D eigenvalue weighted by molar-refractivity contribution is 5.92. The Morgan fingerprint density at radius 2 is 1.80 bits per heavy atom. The van der Waals surface area contributed by atoms with Crippen LogP contribution in [0, 0.1) is 17.8 Å². The second-order valence-corrected chi connectivity index (χ2v) is 4.77. The summed E-state index contributed by atoms with van der Waals surface area (Å²) in [5.41, 5.74) is 0. The van der Waals surface area contributed by atoms with Gasteiger partial charge in [-0.05, 0) is 39.4 Å². The van der Waals surface area contributed by atoms with E-state index in [1.165, 1.54) is 0 Å². The molecule has 84 valence electrons. The molecule has 2 rings (SSSR count). The van der Waals surface area contributed by atoms with Crippen LogP contribution in [0.5, 0.6) is 0 Å². The molecule has 2 unspecified atom stereocenters. The Bertz CT molecular complexity index is 282. The van der Waals surface area contributed by atoms with E-state index in [-0.39, 0.29) is 23.5 Å². The van der Waals surface area contributed by atoms with Crippen LogP contribution < -0.4 is 0 Å². The van der Waals surface area contributed by atoms with Gasteiger partial charge in [0.05, 0.1) is 5.92 Å². The first-order valence-corrected chi connectivity index (χ1v) is 5.54. The lowest BCUT2D eigenvalue weighted by atomic mass is 9.90. The summed E-state index contributed by atoms with van der Waals surface area (Å²) in [4.78, 5) is 24.8. The average Bonchev–Trinajstić information content (AvgIpc) is 2.97. The van der Waals surface area contributed by atoms with Crippen molar-refractivity contribution >= 4 is 11.8 Å². The number of carbonyl (C=O) groups is 2. The van der Waals surface area contributed by atoms with Crippen LogP contribution in [0.25, 0.3) is 0 Å². The van der Waals surface area contributed by atoms with Gasteiger partial charge in [-0.2, -0.15) is 0 Å². The third-order valence-electron chi connectivity index (χ3n) is 3.59. The Morgan fingerprint density at radius 3 is 2.27 bits per heavy atom. The third-order valence-corrected chi connectivity index (χ3v) is 3.59. The Kier molecular flexibility index (Phi) is 2.78. The van der Waals surface area contributed by atoms with Gasteiger partial charge in [-0.1, -0.05) is 0 Å². The van der Waals surface area contributed by atoms with Crippen molar-refractivity contribution in [2.75, 3.05) is 20.1 Å². The number of piperidine rings is 1. The number of likely N-dealkylation sites (tertiary alicyclic amines) is 1. The molecule has 2 atom stereocenters. The summed E-state index contributed by atoms with van der Waals surface area (Å²) in [7, 11) is 2.05. The number of nitrogens with zero attached hydrogens (tertiary/aromatic N) is 1. The first kappa shape index (κ1) is 10.6. The summed E-state index contributed by atoms with van der Waals surface area (Å²) in [5.74, 6) is -1.03. The number of hydrogen-bond donors (Lipinski definition) is 1. The van der Waals surface area contributed by atoms with Gasteiger partial charge in [0.15, 0.2) is 0 Å². The predicted molar refractivity (Wildman–Crippen MR) is 54.5 cm³/mol. The Balaban J connectivity index is 1.85. The van der Waals surface area contributed by atoms with Crippen molar-refractivity contribution in [2.45, 2.75) is 19.3 Å². The number of hydrogen-bond acceptors (Lipinski definition) is 3. The molecule has 1 saturated carbocycles. The highest BCUT2D eigenvalue weighted by atomic mass is 16.4. The fourth-order valence-corrected chi connectivity index (χ4v) is 2.38. The van der Waals surface area contributed by atoms with Crippen molar-refractivity contribution in [1.29, 1.82) is 0 Å². The minimum Gasteiger partial charge on any atom is -0.481 e. The summed E-state index contributed by atoms with van der Waals surface area (Å²) in [6, 6.07) is 0. The maximum atomic E-state index is 11.9. The van der Waals surface area contributed by atoms with E-state index in [0.29, 0.717) is 6.42 Å². The maximum absolute atomic E-state index is 11.9. The smallest absolute Gasteiger partial charge is 0.307 e. The van der Waals surface area contributed by atoms with E-state index in [2.05, 4.69) is 11.9 Å². The van der Waals surface area contributed by atoms with E-state index in [4.69, 9.17) is 5.11 Å². The van der Waals surface area contributed by atoms with Crippen LogP contribution in [-0.2, 0) is 9.59 Å². The molecule has 4 heteroatoms. The lowest BCUT2D eigenvalue weighted by Gasteiger charge is -2.28. The minimum atomic E-state index is -0.804. The molecule has 2 aliphatic rings. The van der Waals surface area contributed by atoms with Gasteiger partial charge in [0.1, 0.15) is 5.78 Å². The van der Waals surface area contributed by atoms with Gasteiger partial charge in [0.25, 0.3) is 0 Å². The molecule has 0 spiro atoms. The zero-order chi connectivity index (χ0) is 11.0. The average molecular weight is 211 g/mol. The SMILES string of the molecule is CN1CCC(C(=O)C2CC2C(=O)O)CC1. The van der Waals surface area contributed by atoms with Gasteiger partial charge in [0, 0.05) is 11.8 Å². The second kappa shape index (κ2) is 3.93. The van der Waals surface area contributed by atoms with Crippen molar-refractivity contribution in [2.24, 2.45) is 17.8 Å². The van der Waals surface area contributed by atoms with Crippen LogP contribution in [0.3, 0.4) is 0 Å². The second-order valence-electron chi connectivity index (χ2n) is 4.77. The summed E-state index contributed by atoms with van der Waals surface area (Å²) in [5, 5.41) is 8.75. The monoisotopic (exact) mass is 211 g/mol. The van der Waals surface area contributed by atoms with Crippen LogP contribution in [-0.4, -0.2) is 41.9 Å². The molecule has 15 heavy (non-hydrogen) atoms. The number of ketones is 1. The van der Waals surface area contributed by atoms with Crippen LogP contribution in [0.1, 0.15) is 19.3 Å². The molecule has 1 aliphatic carbocycles. The van der Waals surface area contributed by atoms with E-state index >= 15 is 0 Å². The number of carbonyl (C=O) groups excluding carboxylic acids is 1. The molecule has 0 bridgehead atoms. The molecule has 1 saturated heterocycles. The highest BCUT2D eigenvalue weighted by Crippen LogP contribution is 2.42. The first-order valence-electron chi connectivity index (χ1n) is 5.54. The normalized spacial score (nSPS) is 32.6. The van der Waals surface area contributed by atoms with Crippen molar-refractivity contribution < 1.29 is 14.7 Å². The highest BCUT2D eigenvalue weighted by Gasteiger charge is 2.49. The van der Waals surface area contributed by atoms with Crippen molar-refractivity contribution in [3.8, 4) is 0 Å². The van der Waals surface area contributed by atoms with Crippen molar-refractivity contribution in [3.63, 3.8) is 0 Å². The topological polar surface area (TPSA) is 57.6 Å². The maximum Gasteiger partial charge on any atom is 0.307 e. The summed E-state index contributed by atoms with van der Waals surface area (Å²) in [6.45, 7) is 1.92. The zero-order valence-electron chi connectivity index (χ0n) is 8.98. The molecule has 1 aliphatic heterocycles.